The van der Waals surface area contributed by atoms with Crippen LogP contribution in [0.5, 0.6) is 0 Å². The second kappa shape index (κ2) is 7.98. The van der Waals surface area contributed by atoms with Crippen molar-refractivity contribution in [3.05, 3.63) is 66.6 Å². The Labute approximate surface area is 148 Å². The van der Waals surface area contributed by atoms with E-state index in [-0.39, 0.29) is 12.3 Å². The zero-order valence-corrected chi connectivity index (χ0v) is 13.7. The van der Waals surface area contributed by atoms with Crippen LogP contribution in [0.1, 0.15) is 10.6 Å². The molecular formula is C19H16N2O5. The van der Waals surface area contributed by atoms with E-state index in [1.807, 2.05) is 36.4 Å². The lowest BCUT2D eigenvalue weighted by molar-refractivity contribution is -0.146. The van der Waals surface area contributed by atoms with Crippen LogP contribution >= 0.6 is 0 Å². The molecule has 0 aliphatic heterocycles. The average molecular weight is 352 g/mol. The molecule has 0 aliphatic rings. The molecule has 3 aromatic rings. The van der Waals surface area contributed by atoms with Gasteiger partial charge in [-0.05, 0) is 35.0 Å². The number of benzene rings is 2. The molecule has 0 unspecified atom stereocenters. The highest BCUT2D eigenvalue weighted by molar-refractivity contribution is 5.96. The molecule has 0 radical (unpaired) electrons. The van der Waals surface area contributed by atoms with Crippen molar-refractivity contribution in [2.45, 2.75) is 0 Å². The maximum atomic E-state index is 11.9. The van der Waals surface area contributed by atoms with E-state index < -0.39 is 24.4 Å². The summed E-state index contributed by atoms with van der Waals surface area (Å²) in [5, 5.41) is 7.05. The van der Waals surface area contributed by atoms with Gasteiger partial charge in [0.25, 0.3) is 11.8 Å². The molecule has 7 heteroatoms. The number of carbonyl (C=O) groups is 3. The standard InChI is InChI=1S/C19H16N2O5/c22-17(21-15-8-7-13-4-1-2-5-14(13)10-15)12-26-18(23)11-20-19(24)16-6-3-9-25-16/h1-10H,11-12H2,(H,20,24)(H,21,22). The summed E-state index contributed by atoms with van der Waals surface area (Å²) in [5.74, 6) is -1.64. The second-order valence-corrected chi connectivity index (χ2v) is 5.43. The van der Waals surface area contributed by atoms with Crippen molar-refractivity contribution in [3.63, 3.8) is 0 Å². The molecule has 3 rings (SSSR count). The number of carbonyl (C=O) groups excluding carboxylic acids is 3. The van der Waals surface area contributed by atoms with Crippen LogP contribution in [0.25, 0.3) is 10.8 Å². The van der Waals surface area contributed by atoms with E-state index in [0.717, 1.165) is 10.8 Å². The van der Waals surface area contributed by atoms with Crippen molar-refractivity contribution in [2.75, 3.05) is 18.5 Å². The van der Waals surface area contributed by atoms with Gasteiger partial charge in [0, 0.05) is 5.69 Å². The SMILES string of the molecule is O=C(COC(=O)CNC(=O)c1ccco1)Nc1ccc2ccccc2c1. The van der Waals surface area contributed by atoms with Gasteiger partial charge in [0.15, 0.2) is 12.4 Å². The number of anilines is 1. The molecular weight excluding hydrogens is 336 g/mol. The van der Waals surface area contributed by atoms with Gasteiger partial charge in [-0.15, -0.1) is 0 Å². The van der Waals surface area contributed by atoms with Crippen LogP contribution in [0, 0.1) is 0 Å². The third-order valence-electron chi connectivity index (χ3n) is 3.54. The van der Waals surface area contributed by atoms with Crippen molar-refractivity contribution in [3.8, 4) is 0 Å². The molecule has 26 heavy (non-hydrogen) atoms. The highest BCUT2D eigenvalue weighted by Gasteiger charge is 2.12. The fourth-order valence-corrected chi connectivity index (χ4v) is 2.31. The number of nitrogens with one attached hydrogen (secondary N) is 2. The third kappa shape index (κ3) is 4.47. The first kappa shape index (κ1) is 17.2. The van der Waals surface area contributed by atoms with Gasteiger partial charge in [0.1, 0.15) is 6.54 Å². The average Bonchev–Trinajstić information content (AvgIpc) is 3.19. The Morgan fingerprint density at radius 2 is 1.77 bits per heavy atom. The van der Waals surface area contributed by atoms with E-state index in [2.05, 4.69) is 10.6 Å². The topological polar surface area (TPSA) is 97.6 Å². The molecule has 0 fully saturated rings. The molecule has 0 atom stereocenters. The van der Waals surface area contributed by atoms with Crippen LogP contribution in [0.2, 0.25) is 0 Å². The lowest BCUT2D eigenvalue weighted by Crippen LogP contribution is -2.32. The number of amides is 2. The Kier molecular flexibility index (Phi) is 5.28. The molecule has 1 aromatic heterocycles. The summed E-state index contributed by atoms with van der Waals surface area (Å²) >= 11 is 0. The normalized spacial score (nSPS) is 10.3. The van der Waals surface area contributed by atoms with Crippen LogP contribution in [0.4, 0.5) is 5.69 Å². The van der Waals surface area contributed by atoms with E-state index >= 15 is 0 Å². The third-order valence-corrected chi connectivity index (χ3v) is 3.54. The maximum Gasteiger partial charge on any atom is 0.325 e. The molecule has 132 valence electrons. The molecule has 2 N–H and O–H groups in total. The van der Waals surface area contributed by atoms with E-state index in [1.165, 1.54) is 12.3 Å². The number of rotatable bonds is 6. The maximum absolute atomic E-state index is 11.9. The smallest absolute Gasteiger partial charge is 0.325 e. The predicted octanol–water partition coefficient (Wildman–Crippen LogP) is 2.34. The number of ether oxygens (including phenoxy) is 1. The first-order valence-electron chi connectivity index (χ1n) is 7.88. The fourth-order valence-electron chi connectivity index (χ4n) is 2.31. The largest absolute Gasteiger partial charge is 0.459 e. The van der Waals surface area contributed by atoms with Gasteiger partial charge >= 0.3 is 5.97 Å². The van der Waals surface area contributed by atoms with Crippen LogP contribution in [0.3, 0.4) is 0 Å². The Morgan fingerprint density at radius 1 is 0.962 bits per heavy atom. The number of furan rings is 1. The molecule has 0 spiro atoms. The zero-order valence-electron chi connectivity index (χ0n) is 13.7. The molecule has 0 bridgehead atoms. The molecule has 1 heterocycles. The van der Waals surface area contributed by atoms with Gasteiger partial charge in [-0.2, -0.15) is 0 Å². The Morgan fingerprint density at radius 3 is 2.54 bits per heavy atom. The predicted molar refractivity (Wildman–Crippen MR) is 94.6 cm³/mol. The molecule has 0 saturated carbocycles. The highest BCUT2D eigenvalue weighted by Crippen LogP contribution is 2.18. The van der Waals surface area contributed by atoms with Crippen molar-refractivity contribution in [1.82, 2.24) is 5.32 Å². The Bertz CT molecular complexity index is 934. The van der Waals surface area contributed by atoms with E-state index in [0.29, 0.717) is 5.69 Å². The van der Waals surface area contributed by atoms with Gasteiger partial charge in [-0.1, -0.05) is 30.3 Å². The summed E-state index contributed by atoms with van der Waals surface area (Å²) < 4.78 is 9.73. The summed E-state index contributed by atoms with van der Waals surface area (Å²) in [6.07, 6.45) is 1.35. The molecule has 2 amide bonds. The monoisotopic (exact) mass is 352 g/mol. The van der Waals surface area contributed by atoms with Crippen molar-refractivity contribution in [1.29, 1.82) is 0 Å². The summed E-state index contributed by atoms with van der Waals surface area (Å²) in [4.78, 5) is 35.1. The van der Waals surface area contributed by atoms with Crippen LogP contribution in [0.15, 0.2) is 65.3 Å². The molecule has 0 aliphatic carbocycles. The summed E-state index contributed by atoms with van der Waals surface area (Å²) in [5.41, 5.74) is 0.607. The molecule has 2 aromatic carbocycles. The van der Waals surface area contributed by atoms with E-state index in [4.69, 9.17) is 9.15 Å². The van der Waals surface area contributed by atoms with E-state index in [1.54, 1.807) is 12.1 Å². The van der Waals surface area contributed by atoms with Gasteiger partial charge in [0.2, 0.25) is 0 Å². The Hall–Kier alpha value is -3.61. The van der Waals surface area contributed by atoms with Crippen LogP contribution in [-0.2, 0) is 14.3 Å². The lowest BCUT2D eigenvalue weighted by Gasteiger charge is -2.08. The minimum Gasteiger partial charge on any atom is -0.459 e. The highest BCUT2D eigenvalue weighted by atomic mass is 16.5. The van der Waals surface area contributed by atoms with Crippen molar-refractivity contribution < 1.29 is 23.5 Å². The first-order chi connectivity index (χ1) is 12.6. The summed E-state index contributed by atoms with van der Waals surface area (Å²) in [6, 6.07) is 16.3. The van der Waals surface area contributed by atoms with Gasteiger partial charge in [-0.3, -0.25) is 14.4 Å². The van der Waals surface area contributed by atoms with Gasteiger partial charge < -0.3 is 19.8 Å². The number of esters is 1. The molecule has 7 nitrogen and oxygen atoms in total. The van der Waals surface area contributed by atoms with E-state index in [9.17, 15) is 14.4 Å². The Balaban J connectivity index is 1.44. The second-order valence-electron chi connectivity index (χ2n) is 5.43. The minimum absolute atomic E-state index is 0.0897. The zero-order chi connectivity index (χ0) is 18.4. The number of fused-ring (bicyclic) bond motifs is 1. The molecule has 0 saturated heterocycles. The lowest BCUT2D eigenvalue weighted by atomic mass is 10.1. The van der Waals surface area contributed by atoms with Gasteiger partial charge in [0.05, 0.1) is 6.26 Å². The summed E-state index contributed by atoms with van der Waals surface area (Å²) in [6.45, 7) is -0.801. The quantitative estimate of drug-likeness (QED) is 0.664. The van der Waals surface area contributed by atoms with Crippen LogP contribution in [-0.4, -0.2) is 30.9 Å². The van der Waals surface area contributed by atoms with Crippen LogP contribution < -0.4 is 10.6 Å². The summed E-state index contributed by atoms with van der Waals surface area (Å²) in [7, 11) is 0. The van der Waals surface area contributed by atoms with Gasteiger partial charge in [-0.25, -0.2) is 0 Å². The first-order valence-corrected chi connectivity index (χ1v) is 7.88. The fraction of sp³-hybridized carbons (Fsp3) is 0.105. The van der Waals surface area contributed by atoms with Crippen molar-refractivity contribution in [2.24, 2.45) is 0 Å². The van der Waals surface area contributed by atoms with Crippen molar-refractivity contribution >= 4 is 34.2 Å². The number of hydrogen-bond donors (Lipinski definition) is 2. The number of hydrogen-bond acceptors (Lipinski definition) is 5. The minimum atomic E-state index is -0.724.